The van der Waals surface area contributed by atoms with Crippen LogP contribution < -0.4 is 5.32 Å². The van der Waals surface area contributed by atoms with Crippen LogP contribution in [-0.2, 0) is 16.0 Å². The zero-order valence-corrected chi connectivity index (χ0v) is 20.0. The molecule has 2 aliphatic rings. The van der Waals surface area contributed by atoms with Gasteiger partial charge in [-0.05, 0) is 74.1 Å². The molecule has 1 unspecified atom stereocenters. The highest BCUT2D eigenvalue weighted by Crippen LogP contribution is 2.39. The Hall–Kier alpha value is -2.88. The molecule has 1 N–H and O–H groups in total. The van der Waals surface area contributed by atoms with E-state index >= 15 is 0 Å². The standard InChI is InChI=1S/C29H36N2O2/c1-3-30-28(33)29(16-18-31(19-17-29)27(32)20-23-11-5-6-12-23)21-24-13-7-9-15-26(24)25-14-8-4-10-22(25)2/h4-5,7-11,13-15,23H,3,6,12,16-21H2,1-2H3,(H,30,33). The third-order valence-electron chi connectivity index (χ3n) is 7.42. The van der Waals surface area contributed by atoms with E-state index in [0.29, 0.717) is 51.2 Å². The Kier molecular flexibility index (Phi) is 7.32. The molecule has 1 aliphatic carbocycles. The Bertz CT molecular complexity index is 1020. The summed E-state index contributed by atoms with van der Waals surface area (Å²) < 4.78 is 0. The lowest BCUT2D eigenvalue weighted by Gasteiger charge is -2.41. The molecule has 2 amide bonds. The highest BCUT2D eigenvalue weighted by atomic mass is 16.2. The van der Waals surface area contributed by atoms with E-state index in [1.165, 1.54) is 22.3 Å². The van der Waals surface area contributed by atoms with Crippen molar-refractivity contribution < 1.29 is 9.59 Å². The molecular formula is C29H36N2O2. The van der Waals surface area contributed by atoms with E-state index in [4.69, 9.17) is 0 Å². The average molecular weight is 445 g/mol. The lowest BCUT2D eigenvalue weighted by molar-refractivity contribution is -0.141. The van der Waals surface area contributed by atoms with E-state index in [1.807, 2.05) is 11.8 Å². The van der Waals surface area contributed by atoms with Crippen LogP contribution in [0.3, 0.4) is 0 Å². The first-order valence-electron chi connectivity index (χ1n) is 12.4. The molecule has 1 aliphatic heterocycles. The van der Waals surface area contributed by atoms with Gasteiger partial charge in [-0.1, -0.05) is 60.7 Å². The topological polar surface area (TPSA) is 49.4 Å². The SMILES string of the molecule is CCNC(=O)C1(Cc2ccccc2-c2ccccc2C)CCN(C(=O)CC2C=CCC2)CC1. The molecule has 0 bridgehead atoms. The summed E-state index contributed by atoms with van der Waals surface area (Å²) in [5, 5.41) is 3.10. The third-order valence-corrected chi connectivity index (χ3v) is 7.42. The number of allylic oxidation sites excluding steroid dienone is 2. The van der Waals surface area contributed by atoms with Crippen LogP contribution >= 0.6 is 0 Å². The smallest absolute Gasteiger partial charge is 0.226 e. The van der Waals surface area contributed by atoms with Gasteiger partial charge < -0.3 is 10.2 Å². The van der Waals surface area contributed by atoms with Crippen molar-refractivity contribution in [2.45, 2.75) is 52.4 Å². The predicted molar refractivity (Wildman–Crippen MR) is 134 cm³/mol. The maximum absolute atomic E-state index is 13.4. The summed E-state index contributed by atoms with van der Waals surface area (Å²) in [6.45, 7) is 6.03. The monoisotopic (exact) mass is 444 g/mol. The number of carbonyl (C=O) groups excluding carboxylic acids is 2. The number of hydrogen-bond donors (Lipinski definition) is 1. The van der Waals surface area contributed by atoms with Gasteiger partial charge in [0.05, 0.1) is 5.41 Å². The molecule has 1 fully saturated rings. The first-order valence-corrected chi connectivity index (χ1v) is 12.4. The van der Waals surface area contributed by atoms with Gasteiger partial charge in [0.15, 0.2) is 0 Å². The highest BCUT2D eigenvalue weighted by Gasteiger charge is 2.42. The fourth-order valence-corrected chi connectivity index (χ4v) is 5.41. The summed E-state index contributed by atoms with van der Waals surface area (Å²) in [7, 11) is 0. The first-order chi connectivity index (χ1) is 16.0. The van der Waals surface area contributed by atoms with Crippen LogP contribution in [-0.4, -0.2) is 36.3 Å². The Morgan fingerprint density at radius 3 is 2.39 bits per heavy atom. The van der Waals surface area contributed by atoms with Crippen LogP contribution in [0.5, 0.6) is 0 Å². The molecular weight excluding hydrogens is 408 g/mol. The summed E-state index contributed by atoms with van der Waals surface area (Å²) in [5.41, 5.74) is 4.37. The lowest BCUT2D eigenvalue weighted by atomic mass is 9.71. The molecule has 174 valence electrons. The van der Waals surface area contributed by atoms with Crippen LogP contribution in [0.4, 0.5) is 0 Å². The van der Waals surface area contributed by atoms with Crippen molar-refractivity contribution >= 4 is 11.8 Å². The second-order valence-electron chi connectivity index (χ2n) is 9.64. The zero-order chi connectivity index (χ0) is 23.3. The van der Waals surface area contributed by atoms with Gasteiger partial charge in [-0.2, -0.15) is 0 Å². The minimum absolute atomic E-state index is 0.121. The highest BCUT2D eigenvalue weighted by molar-refractivity contribution is 5.84. The van der Waals surface area contributed by atoms with Crippen molar-refractivity contribution in [3.8, 4) is 11.1 Å². The summed E-state index contributed by atoms with van der Waals surface area (Å²) in [4.78, 5) is 28.2. The van der Waals surface area contributed by atoms with Gasteiger partial charge in [0.1, 0.15) is 0 Å². The fraction of sp³-hybridized carbons (Fsp3) is 0.448. The number of carbonyl (C=O) groups is 2. The zero-order valence-electron chi connectivity index (χ0n) is 20.0. The molecule has 4 rings (SSSR count). The molecule has 0 aromatic heterocycles. The number of piperidine rings is 1. The van der Waals surface area contributed by atoms with Crippen LogP contribution in [0.15, 0.2) is 60.7 Å². The van der Waals surface area contributed by atoms with Gasteiger partial charge in [-0.3, -0.25) is 9.59 Å². The molecule has 4 nitrogen and oxygen atoms in total. The Labute approximate surface area is 198 Å². The van der Waals surface area contributed by atoms with Crippen molar-refractivity contribution in [2.24, 2.45) is 11.3 Å². The van der Waals surface area contributed by atoms with Gasteiger partial charge >= 0.3 is 0 Å². The van der Waals surface area contributed by atoms with E-state index in [2.05, 4.69) is 72.9 Å². The van der Waals surface area contributed by atoms with E-state index in [9.17, 15) is 9.59 Å². The summed E-state index contributed by atoms with van der Waals surface area (Å²) in [6, 6.07) is 16.9. The van der Waals surface area contributed by atoms with Crippen molar-refractivity contribution in [3.63, 3.8) is 0 Å². The number of benzene rings is 2. The number of hydrogen-bond acceptors (Lipinski definition) is 2. The molecule has 4 heteroatoms. The van der Waals surface area contributed by atoms with Crippen LogP contribution in [0.1, 0.15) is 50.2 Å². The minimum Gasteiger partial charge on any atom is -0.356 e. The Balaban J connectivity index is 1.55. The second-order valence-corrected chi connectivity index (χ2v) is 9.64. The van der Waals surface area contributed by atoms with Gasteiger partial charge in [0.2, 0.25) is 11.8 Å². The van der Waals surface area contributed by atoms with Crippen molar-refractivity contribution in [1.82, 2.24) is 10.2 Å². The maximum Gasteiger partial charge on any atom is 0.226 e. The molecule has 0 radical (unpaired) electrons. The van der Waals surface area contributed by atoms with Crippen LogP contribution in [0.2, 0.25) is 0 Å². The molecule has 2 aromatic carbocycles. The minimum atomic E-state index is -0.487. The van der Waals surface area contributed by atoms with Crippen LogP contribution in [0.25, 0.3) is 11.1 Å². The second kappa shape index (κ2) is 10.4. The summed E-state index contributed by atoms with van der Waals surface area (Å²) in [6.07, 6.45) is 9.22. The average Bonchev–Trinajstić information content (AvgIpc) is 3.33. The number of likely N-dealkylation sites (tertiary alicyclic amines) is 1. The number of nitrogens with one attached hydrogen (secondary N) is 1. The molecule has 33 heavy (non-hydrogen) atoms. The van der Waals surface area contributed by atoms with Crippen molar-refractivity contribution in [2.75, 3.05) is 19.6 Å². The number of amides is 2. The van der Waals surface area contributed by atoms with Crippen LogP contribution in [0, 0.1) is 18.3 Å². The van der Waals surface area contributed by atoms with Gasteiger partial charge in [-0.15, -0.1) is 0 Å². The summed E-state index contributed by atoms with van der Waals surface area (Å²) >= 11 is 0. The summed E-state index contributed by atoms with van der Waals surface area (Å²) in [5.74, 6) is 0.736. The van der Waals surface area contributed by atoms with E-state index in [0.717, 1.165) is 12.8 Å². The molecule has 1 saturated heterocycles. The van der Waals surface area contributed by atoms with Gasteiger partial charge in [0.25, 0.3) is 0 Å². The van der Waals surface area contributed by atoms with Gasteiger partial charge in [0, 0.05) is 26.1 Å². The number of aryl methyl sites for hydroxylation is 1. The predicted octanol–water partition coefficient (Wildman–Crippen LogP) is 5.31. The number of rotatable bonds is 7. The Morgan fingerprint density at radius 2 is 1.73 bits per heavy atom. The quantitative estimate of drug-likeness (QED) is 0.589. The molecule has 0 spiro atoms. The maximum atomic E-state index is 13.4. The molecule has 0 saturated carbocycles. The van der Waals surface area contributed by atoms with Gasteiger partial charge in [-0.25, -0.2) is 0 Å². The van der Waals surface area contributed by atoms with E-state index in [1.54, 1.807) is 0 Å². The van der Waals surface area contributed by atoms with E-state index < -0.39 is 5.41 Å². The third kappa shape index (κ3) is 5.21. The van der Waals surface area contributed by atoms with E-state index in [-0.39, 0.29) is 11.8 Å². The number of nitrogens with zero attached hydrogens (tertiary/aromatic N) is 1. The molecule has 2 aromatic rings. The fourth-order valence-electron chi connectivity index (χ4n) is 5.41. The van der Waals surface area contributed by atoms with Crippen molar-refractivity contribution in [3.05, 3.63) is 71.8 Å². The normalized spacial score (nSPS) is 19.5. The lowest BCUT2D eigenvalue weighted by Crippen LogP contribution is -2.51. The largest absolute Gasteiger partial charge is 0.356 e. The molecule has 1 heterocycles. The molecule has 1 atom stereocenters. The van der Waals surface area contributed by atoms with Crippen molar-refractivity contribution in [1.29, 1.82) is 0 Å². The Morgan fingerprint density at radius 1 is 1.03 bits per heavy atom. The first kappa shape index (κ1) is 23.3.